The van der Waals surface area contributed by atoms with Crippen molar-refractivity contribution in [1.82, 2.24) is 5.48 Å². The highest BCUT2D eigenvalue weighted by molar-refractivity contribution is 5.96. The summed E-state index contributed by atoms with van der Waals surface area (Å²) in [7, 11) is 0. The summed E-state index contributed by atoms with van der Waals surface area (Å²) in [6, 6.07) is 7.53. The van der Waals surface area contributed by atoms with Crippen molar-refractivity contribution in [3.63, 3.8) is 0 Å². The molecule has 0 atom stereocenters. The molecule has 1 saturated carbocycles. The van der Waals surface area contributed by atoms with Gasteiger partial charge in [0.15, 0.2) is 0 Å². The Hall–Kier alpha value is -1.55. The van der Waals surface area contributed by atoms with Gasteiger partial charge in [0.2, 0.25) is 0 Å². The zero-order valence-electron chi connectivity index (χ0n) is 10.4. The normalized spacial score (nSPS) is 22.3. The zero-order chi connectivity index (χ0) is 12.4. The minimum atomic E-state index is -0.306. The van der Waals surface area contributed by atoms with Crippen LogP contribution in [-0.4, -0.2) is 11.6 Å². The lowest BCUT2D eigenvalue weighted by Gasteiger charge is -2.32. The Kier molecular flexibility index (Phi) is 2.96. The number of carbonyl (C=O) groups is 1. The van der Waals surface area contributed by atoms with Crippen LogP contribution in [0.25, 0.3) is 0 Å². The standard InChI is InChI=1S/C14H18N2O2/c17-13-11-7-3-4-8-12(11)15-14(16-18-13)9-5-1-2-6-10-14/h3-4,7-8,15-16H,1-2,5-6,9-10H2. The molecule has 18 heavy (non-hydrogen) atoms. The number of hydroxylamine groups is 1. The predicted octanol–water partition coefficient (Wildman–Crippen LogP) is 2.82. The lowest BCUT2D eigenvalue weighted by atomic mass is 10.0. The maximum absolute atomic E-state index is 11.9. The van der Waals surface area contributed by atoms with Crippen LogP contribution in [0, 0.1) is 0 Å². The van der Waals surface area contributed by atoms with Gasteiger partial charge in [-0.1, -0.05) is 25.0 Å². The molecular weight excluding hydrogens is 228 g/mol. The molecule has 4 heteroatoms. The summed E-state index contributed by atoms with van der Waals surface area (Å²) < 4.78 is 0. The predicted molar refractivity (Wildman–Crippen MR) is 69.0 cm³/mol. The fraction of sp³-hybridized carbons (Fsp3) is 0.500. The minimum Gasteiger partial charge on any atom is -0.364 e. The summed E-state index contributed by atoms with van der Waals surface area (Å²) in [5.41, 5.74) is 4.15. The van der Waals surface area contributed by atoms with E-state index in [1.807, 2.05) is 18.2 Å². The number of nitrogens with one attached hydrogen (secondary N) is 2. The van der Waals surface area contributed by atoms with Gasteiger partial charge >= 0.3 is 5.97 Å². The fourth-order valence-corrected chi connectivity index (χ4v) is 2.81. The minimum absolute atomic E-state index is 0.293. The van der Waals surface area contributed by atoms with Gasteiger partial charge in [-0.2, -0.15) is 0 Å². The van der Waals surface area contributed by atoms with Crippen LogP contribution in [0.2, 0.25) is 0 Å². The first kappa shape index (κ1) is 11.5. The Morgan fingerprint density at radius 2 is 1.78 bits per heavy atom. The van der Waals surface area contributed by atoms with E-state index in [1.54, 1.807) is 6.07 Å². The van der Waals surface area contributed by atoms with E-state index in [0.29, 0.717) is 5.56 Å². The lowest BCUT2D eigenvalue weighted by Crippen LogP contribution is -2.50. The molecule has 1 heterocycles. The van der Waals surface area contributed by atoms with Crippen LogP contribution in [0.3, 0.4) is 0 Å². The Morgan fingerprint density at radius 3 is 2.56 bits per heavy atom. The first-order valence-electron chi connectivity index (χ1n) is 6.65. The number of benzene rings is 1. The van der Waals surface area contributed by atoms with Gasteiger partial charge in [-0.3, -0.25) is 0 Å². The third kappa shape index (κ3) is 2.08. The van der Waals surface area contributed by atoms with E-state index in [0.717, 1.165) is 31.4 Å². The summed E-state index contributed by atoms with van der Waals surface area (Å²) >= 11 is 0. The molecule has 1 aliphatic carbocycles. The van der Waals surface area contributed by atoms with Crippen LogP contribution in [0.5, 0.6) is 0 Å². The van der Waals surface area contributed by atoms with Gasteiger partial charge in [0.1, 0.15) is 5.66 Å². The molecule has 1 aromatic rings. The quantitative estimate of drug-likeness (QED) is 0.739. The molecule has 1 aromatic carbocycles. The Labute approximate surface area is 107 Å². The van der Waals surface area contributed by atoms with Crippen molar-refractivity contribution in [3.05, 3.63) is 29.8 Å². The highest BCUT2D eigenvalue weighted by atomic mass is 16.7. The van der Waals surface area contributed by atoms with Gasteiger partial charge in [-0.05, 0) is 37.8 Å². The smallest absolute Gasteiger partial charge is 0.359 e. The number of fused-ring (bicyclic) bond motifs is 1. The molecule has 2 aliphatic rings. The highest BCUT2D eigenvalue weighted by Crippen LogP contribution is 2.32. The fourth-order valence-electron chi connectivity index (χ4n) is 2.81. The van der Waals surface area contributed by atoms with Crippen molar-refractivity contribution >= 4 is 11.7 Å². The van der Waals surface area contributed by atoms with E-state index in [4.69, 9.17) is 4.84 Å². The van der Waals surface area contributed by atoms with Crippen LogP contribution in [0.4, 0.5) is 5.69 Å². The number of anilines is 1. The number of hydrogen-bond donors (Lipinski definition) is 2. The van der Waals surface area contributed by atoms with Gasteiger partial charge in [0.25, 0.3) is 0 Å². The third-order valence-electron chi connectivity index (χ3n) is 3.82. The van der Waals surface area contributed by atoms with Gasteiger partial charge in [0.05, 0.1) is 11.3 Å². The molecular formula is C14H18N2O2. The number of carbonyl (C=O) groups excluding carboxylic acids is 1. The van der Waals surface area contributed by atoms with E-state index in [2.05, 4.69) is 10.8 Å². The second kappa shape index (κ2) is 4.61. The second-order valence-electron chi connectivity index (χ2n) is 5.16. The largest absolute Gasteiger partial charge is 0.364 e. The molecule has 1 aliphatic heterocycles. The molecule has 0 saturated heterocycles. The number of rotatable bonds is 0. The van der Waals surface area contributed by atoms with Crippen LogP contribution in [-0.2, 0) is 4.84 Å². The van der Waals surface area contributed by atoms with Crippen molar-refractivity contribution in [2.24, 2.45) is 0 Å². The topological polar surface area (TPSA) is 50.4 Å². The Morgan fingerprint density at radius 1 is 1.06 bits per heavy atom. The maximum atomic E-state index is 11.9. The van der Waals surface area contributed by atoms with Crippen LogP contribution in [0.1, 0.15) is 48.9 Å². The summed E-state index contributed by atoms with van der Waals surface area (Å²) in [5, 5.41) is 3.49. The summed E-state index contributed by atoms with van der Waals surface area (Å²) in [6.45, 7) is 0. The van der Waals surface area contributed by atoms with Gasteiger partial charge in [0, 0.05) is 0 Å². The van der Waals surface area contributed by atoms with Gasteiger partial charge in [-0.15, -0.1) is 5.48 Å². The zero-order valence-corrected chi connectivity index (χ0v) is 10.4. The van der Waals surface area contributed by atoms with Crippen LogP contribution in [0.15, 0.2) is 24.3 Å². The second-order valence-corrected chi connectivity index (χ2v) is 5.16. The molecule has 4 nitrogen and oxygen atoms in total. The molecule has 2 N–H and O–H groups in total. The maximum Gasteiger partial charge on any atom is 0.359 e. The molecule has 0 unspecified atom stereocenters. The lowest BCUT2D eigenvalue weighted by molar-refractivity contribution is -0.000606. The van der Waals surface area contributed by atoms with Crippen molar-refractivity contribution in [3.8, 4) is 0 Å². The molecule has 96 valence electrons. The van der Waals surface area contributed by atoms with E-state index < -0.39 is 0 Å². The summed E-state index contributed by atoms with van der Waals surface area (Å²) in [5.74, 6) is -0.306. The van der Waals surface area contributed by atoms with Crippen LogP contribution >= 0.6 is 0 Å². The molecule has 0 bridgehead atoms. The van der Waals surface area contributed by atoms with E-state index in [-0.39, 0.29) is 11.6 Å². The van der Waals surface area contributed by atoms with Gasteiger partial charge < -0.3 is 10.2 Å². The first-order chi connectivity index (χ1) is 8.79. The van der Waals surface area contributed by atoms with Crippen molar-refractivity contribution in [2.75, 3.05) is 5.32 Å². The highest BCUT2D eigenvalue weighted by Gasteiger charge is 2.35. The third-order valence-corrected chi connectivity index (χ3v) is 3.82. The molecule has 0 aromatic heterocycles. The van der Waals surface area contributed by atoms with E-state index in [9.17, 15) is 4.79 Å². The molecule has 1 fully saturated rings. The Balaban J connectivity index is 1.94. The first-order valence-corrected chi connectivity index (χ1v) is 6.65. The molecule has 1 spiro atoms. The average molecular weight is 246 g/mol. The molecule has 3 rings (SSSR count). The Bertz CT molecular complexity index is 451. The van der Waals surface area contributed by atoms with Gasteiger partial charge in [-0.25, -0.2) is 4.79 Å². The van der Waals surface area contributed by atoms with Crippen LogP contribution < -0.4 is 10.8 Å². The number of hydrogen-bond acceptors (Lipinski definition) is 4. The number of para-hydroxylation sites is 1. The monoisotopic (exact) mass is 246 g/mol. The van der Waals surface area contributed by atoms with E-state index >= 15 is 0 Å². The van der Waals surface area contributed by atoms with Crippen molar-refractivity contribution < 1.29 is 9.63 Å². The van der Waals surface area contributed by atoms with E-state index in [1.165, 1.54) is 12.8 Å². The molecule has 0 radical (unpaired) electrons. The molecule has 0 amide bonds. The average Bonchev–Trinajstić information content (AvgIpc) is 2.69. The summed E-state index contributed by atoms with van der Waals surface area (Å²) in [6.07, 6.45) is 6.77. The SMILES string of the molecule is O=C1ONC2(CCCCCC2)Nc2ccccc21. The van der Waals surface area contributed by atoms with Crippen molar-refractivity contribution in [2.45, 2.75) is 44.2 Å². The summed E-state index contributed by atoms with van der Waals surface area (Å²) in [4.78, 5) is 17.1. The van der Waals surface area contributed by atoms with Crippen molar-refractivity contribution in [1.29, 1.82) is 0 Å².